The van der Waals surface area contributed by atoms with E-state index >= 15 is 0 Å². The summed E-state index contributed by atoms with van der Waals surface area (Å²) in [6.07, 6.45) is 2.39. The molecule has 144 valence electrons. The lowest BCUT2D eigenvalue weighted by atomic mass is 9.99. The van der Waals surface area contributed by atoms with E-state index in [1.165, 1.54) is 25.0 Å². The molecule has 1 amide bonds. The summed E-state index contributed by atoms with van der Waals surface area (Å²) in [7, 11) is 0. The smallest absolute Gasteiger partial charge is 0.313 e. The van der Waals surface area contributed by atoms with Gasteiger partial charge >= 0.3 is 11.8 Å². The summed E-state index contributed by atoms with van der Waals surface area (Å²) in [4.78, 5) is 14.7. The number of nitrogens with zero attached hydrogens (tertiary/aromatic N) is 3. The third-order valence-corrected chi connectivity index (χ3v) is 5.00. The van der Waals surface area contributed by atoms with Crippen LogP contribution in [0.1, 0.15) is 30.5 Å². The van der Waals surface area contributed by atoms with Crippen molar-refractivity contribution in [2.75, 3.05) is 23.3 Å². The molecule has 0 unspecified atom stereocenters. The second-order valence-electron chi connectivity index (χ2n) is 7.06. The summed E-state index contributed by atoms with van der Waals surface area (Å²) in [5, 5.41) is 10.2. The first-order chi connectivity index (χ1) is 13.6. The second kappa shape index (κ2) is 7.80. The number of benzene rings is 2. The largest absolute Gasteiger partial charge is 0.412 e. The lowest BCUT2D eigenvalue weighted by Crippen LogP contribution is -2.32. The van der Waals surface area contributed by atoms with Gasteiger partial charge in [-0.25, -0.2) is 4.39 Å². The molecule has 0 saturated carbocycles. The third kappa shape index (κ3) is 3.88. The predicted molar refractivity (Wildman–Crippen MR) is 105 cm³/mol. The molecule has 7 heteroatoms. The monoisotopic (exact) mass is 380 g/mol. The molecule has 1 aliphatic heterocycles. The first kappa shape index (κ1) is 18.2. The SMILES string of the molecule is CC1CCN(c2ccc(NC(=O)c3nnc(-c4ccccc4F)o3)cc2)CC1. The van der Waals surface area contributed by atoms with Crippen molar-refractivity contribution in [1.82, 2.24) is 10.2 Å². The Morgan fingerprint density at radius 1 is 1.11 bits per heavy atom. The molecule has 3 aromatic rings. The van der Waals surface area contributed by atoms with E-state index in [1.807, 2.05) is 24.3 Å². The Morgan fingerprint density at radius 2 is 1.82 bits per heavy atom. The molecule has 1 aromatic heterocycles. The number of piperidine rings is 1. The van der Waals surface area contributed by atoms with Gasteiger partial charge in [-0.2, -0.15) is 0 Å². The van der Waals surface area contributed by atoms with Crippen LogP contribution in [0.3, 0.4) is 0 Å². The topological polar surface area (TPSA) is 71.3 Å². The quantitative estimate of drug-likeness (QED) is 0.728. The van der Waals surface area contributed by atoms with E-state index in [2.05, 4.69) is 27.3 Å². The van der Waals surface area contributed by atoms with Gasteiger partial charge in [0.25, 0.3) is 5.89 Å². The number of halogens is 1. The number of hydrogen-bond acceptors (Lipinski definition) is 5. The number of anilines is 2. The molecule has 4 rings (SSSR count). The molecule has 2 heterocycles. The zero-order valence-corrected chi connectivity index (χ0v) is 15.6. The maximum atomic E-state index is 13.8. The van der Waals surface area contributed by atoms with Crippen LogP contribution in [0.2, 0.25) is 0 Å². The van der Waals surface area contributed by atoms with Gasteiger partial charge in [-0.3, -0.25) is 4.79 Å². The Bertz CT molecular complexity index is 963. The number of amides is 1. The molecular formula is C21H21FN4O2. The number of rotatable bonds is 4. The van der Waals surface area contributed by atoms with Crippen molar-refractivity contribution in [3.63, 3.8) is 0 Å². The zero-order chi connectivity index (χ0) is 19.5. The standard InChI is InChI=1S/C21H21FN4O2/c1-14-10-12-26(13-11-14)16-8-6-15(7-9-16)23-19(27)21-25-24-20(28-21)17-4-2-3-5-18(17)22/h2-9,14H,10-13H2,1H3,(H,23,27). The molecule has 1 saturated heterocycles. The summed E-state index contributed by atoms with van der Waals surface area (Å²) in [5.74, 6) is -0.487. The zero-order valence-electron chi connectivity index (χ0n) is 15.6. The van der Waals surface area contributed by atoms with Gasteiger partial charge in [-0.15, -0.1) is 10.2 Å². The molecular weight excluding hydrogens is 359 g/mol. The molecule has 28 heavy (non-hydrogen) atoms. The van der Waals surface area contributed by atoms with Crippen LogP contribution < -0.4 is 10.2 Å². The second-order valence-corrected chi connectivity index (χ2v) is 7.06. The van der Waals surface area contributed by atoms with Crippen LogP contribution in [0.5, 0.6) is 0 Å². The predicted octanol–water partition coefficient (Wildman–Crippen LogP) is 4.36. The maximum absolute atomic E-state index is 13.8. The highest BCUT2D eigenvalue weighted by Crippen LogP contribution is 2.25. The summed E-state index contributed by atoms with van der Waals surface area (Å²) in [6.45, 7) is 4.38. The van der Waals surface area contributed by atoms with E-state index in [0.29, 0.717) is 5.69 Å². The van der Waals surface area contributed by atoms with Crippen LogP contribution in [0.15, 0.2) is 52.9 Å². The van der Waals surface area contributed by atoms with E-state index in [1.54, 1.807) is 12.1 Å². The highest BCUT2D eigenvalue weighted by molar-refractivity contribution is 6.01. The van der Waals surface area contributed by atoms with Gasteiger partial charge in [0.05, 0.1) is 5.56 Å². The first-order valence-electron chi connectivity index (χ1n) is 9.35. The van der Waals surface area contributed by atoms with Crippen molar-refractivity contribution < 1.29 is 13.6 Å². The van der Waals surface area contributed by atoms with E-state index in [0.717, 1.165) is 24.7 Å². The van der Waals surface area contributed by atoms with Crippen molar-refractivity contribution in [2.45, 2.75) is 19.8 Å². The highest BCUT2D eigenvalue weighted by atomic mass is 19.1. The fourth-order valence-electron chi connectivity index (χ4n) is 3.27. The minimum Gasteiger partial charge on any atom is -0.412 e. The summed E-state index contributed by atoms with van der Waals surface area (Å²) < 4.78 is 19.1. The lowest BCUT2D eigenvalue weighted by Gasteiger charge is -2.32. The van der Waals surface area contributed by atoms with Gasteiger partial charge < -0.3 is 14.6 Å². The minimum atomic E-state index is -0.533. The Balaban J connectivity index is 1.42. The van der Waals surface area contributed by atoms with Gasteiger partial charge in [0.15, 0.2) is 0 Å². The van der Waals surface area contributed by atoms with Crippen LogP contribution in [0.25, 0.3) is 11.5 Å². The third-order valence-electron chi connectivity index (χ3n) is 5.00. The Labute approximate surface area is 162 Å². The average Bonchev–Trinajstić information content (AvgIpc) is 3.20. The van der Waals surface area contributed by atoms with E-state index in [-0.39, 0.29) is 17.3 Å². The van der Waals surface area contributed by atoms with Crippen LogP contribution in [-0.2, 0) is 0 Å². The van der Waals surface area contributed by atoms with E-state index in [9.17, 15) is 9.18 Å². The molecule has 6 nitrogen and oxygen atoms in total. The normalized spacial score (nSPS) is 14.9. The molecule has 1 N–H and O–H groups in total. The molecule has 1 aliphatic rings. The summed E-state index contributed by atoms with van der Waals surface area (Å²) >= 11 is 0. The lowest BCUT2D eigenvalue weighted by molar-refractivity contribution is 0.0991. The summed E-state index contributed by atoms with van der Waals surface area (Å²) in [5.41, 5.74) is 1.93. The van der Waals surface area contributed by atoms with Gasteiger partial charge in [0, 0.05) is 24.5 Å². The van der Waals surface area contributed by atoms with Crippen LogP contribution >= 0.6 is 0 Å². The number of carbonyl (C=O) groups excluding carboxylic acids is 1. The van der Waals surface area contributed by atoms with Crippen LogP contribution in [0.4, 0.5) is 15.8 Å². The van der Waals surface area contributed by atoms with Crippen molar-refractivity contribution in [1.29, 1.82) is 0 Å². The molecule has 2 aromatic carbocycles. The van der Waals surface area contributed by atoms with E-state index < -0.39 is 11.7 Å². The number of nitrogens with one attached hydrogen (secondary N) is 1. The highest BCUT2D eigenvalue weighted by Gasteiger charge is 2.19. The van der Waals surface area contributed by atoms with Crippen LogP contribution in [0, 0.1) is 11.7 Å². The van der Waals surface area contributed by atoms with Crippen molar-refractivity contribution in [3.05, 3.63) is 60.2 Å². The number of carbonyl (C=O) groups is 1. The van der Waals surface area contributed by atoms with E-state index in [4.69, 9.17) is 4.42 Å². The molecule has 0 spiro atoms. The fourth-order valence-corrected chi connectivity index (χ4v) is 3.27. The maximum Gasteiger partial charge on any atom is 0.313 e. The van der Waals surface area contributed by atoms with Crippen molar-refractivity contribution in [2.24, 2.45) is 5.92 Å². The Hall–Kier alpha value is -3.22. The van der Waals surface area contributed by atoms with Gasteiger partial charge in [-0.05, 0) is 55.2 Å². The summed E-state index contributed by atoms with van der Waals surface area (Å²) in [6, 6.07) is 13.7. The van der Waals surface area contributed by atoms with Gasteiger partial charge in [0.1, 0.15) is 5.82 Å². The van der Waals surface area contributed by atoms with Gasteiger partial charge in [-0.1, -0.05) is 19.1 Å². The molecule has 0 aliphatic carbocycles. The molecule has 1 fully saturated rings. The minimum absolute atomic E-state index is 0.0297. The molecule has 0 radical (unpaired) electrons. The van der Waals surface area contributed by atoms with Crippen LogP contribution in [-0.4, -0.2) is 29.2 Å². The first-order valence-corrected chi connectivity index (χ1v) is 9.35. The Morgan fingerprint density at radius 3 is 2.54 bits per heavy atom. The van der Waals surface area contributed by atoms with Gasteiger partial charge in [0.2, 0.25) is 0 Å². The Kier molecular flexibility index (Phi) is 5.06. The average molecular weight is 380 g/mol. The molecule has 0 atom stereocenters. The number of aromatic nitrogens is 2. The van der Waals surface area contributed by atoms with Crippen molar-refractivity contribution in [3.8, 4) is 11.5 Å². The molecule has 0 bridgehead atoms. The van der Waals surface area contributed by atoms with Crippen molar-refractivity contribution >= 4 is 17.3 Å². The number of hydrogen-bond donors (Lipinski definition) is 1. The fraction of sp³-hybridized carbons (Fsp3) is 0.286.